The first kappa shape index (κ1) is 15.9. The number of anilines is 1. The molecule has 0 aliphatic carbocycles. The zero-order valence-electron chi connectivity index (χ0n) is 14.4. The van der Waals surface area contributed by atoms with Gasteiger partial charge in [-0.2, -0.15) is 10.2 Å². The van der Waals surface area contributed by atoms with Crippen LogP contribution in [0.5, 0.6) is 0 Å². The summed E-state index contributed by atoms with van der Waals surface area (Å²) in [5, 5.41) is 11.6. The molecule has 4 aromatic heterocycles. The topological polar surface area (TPSA) is 90.0 Å². The molecule has 4 rings (SSSR count). The minimum atomic E-state index is -0.265. The maximum absolute atomic E-state index is 12.6. The molecule has 130 valence electrons. The number of rotatable bonds is 4. The van der Waals surface area contributed by atoms with Crippen LogP contribution in [0.3, 0.4) is 0 Å². The highest BCUT2D eigenvalue weighted by Crippen LogP contribution is 2.13. The summed E-state index contributed by atoms with van der Waals surface area (Å²) in [6.07, 6.45) is 6.87. The van der Waals surface area contributed by atoms with E-state index in [0.717, 1.165) is 22.6 Å². The molecule has 0 unspecified atom stereocenters. The zero-order valence-corrected chi connectivity index (χ0v) is 14.4. The fourth-order valence-electron chi connectivity index (χ4n) is 2.76. The molecule has 0 saturated carbocycles. The van der Waals surface area contributed by atoms with Crippen LogP contribution in [0.25, 0.3) is 5.65 Å². The fourth-order valence-corrected chi connectivity index (χ4v) is 2.76. The van der Waals surface area contributed by atoms with Crippen molar-refractivity contribution in [3.63, 3.8) is 0 Å². The molecule has 4 heterocycles. The molecule has 0 atom stereocenters. The maximum atomic E-state index is 12.6. The smallest absolute Gasteiger partial charge is 0.260 e. The second-order valence-corrected chi connectivity index (χ2v) is 6.02. The number of carbonyl (C=O) groups is 1. The zero-order chi connectivity index (χ0) is 18.1. The van der Waals surface area contributed by atoms with Crippen LogP contribution in [0.2, 0.25) is 0 Å². The van der Waals surface area contributed by atoms with E-state index >= 15 is 0 Å². The monoisotopic (exact) mass is 347 g/mol. The van der Waals surface area contributed by atoms with Crippen molar-refractivity contribution in [3.8, 4) is 0 Å². The molecule has 0 bridgehead atoms. The van der Waals surface area contributed by atoms with E-state index in [9.17, 15) is 4.79 Å². The number of nitrogens with one attached hydrogen (secondary N) is 1. The first-order valence-corrected chi connectivity index (χ1v) is 8.16. The van der Waals surface area contributed by atoms with Crippen molar-refractivity contribution in [2.45, 2.75) is 20.4 Å². The summed E-state index contributed by atoms with van der Waals surface area (Å²) in [6.45, 7) is 4.35. The lowest BCUT2D eigenvalue weighted by molar-refractivity contribution is 0.102. The van der Waals surface area contributed by atoms with E-state index in [1.807, 2.05) is 38.2 Å². The fraction of sp³-hybridized carbons (Fsp3) is 0.167. The predicted molar refractivity (Wildman–Crippen MR) is 96.0 cm³/mol. The first-order chi connectivity index (χ1) is 12.6. The number of pyridine rings is 1. The molecule has 4 aromatic rings. The highest BCUT2D eigenvalue weighted by Gasteiger charge is 2.15. The van der Waals surface area contributed by atoms with Gasteiger partial charge in [0, 0.05) is 36.9 Å². The Balaban J connectivity index is 1.52. The van der Waals surface area contributed by atoms with Crippen LogP contribution in [0, 0.1) is 13.8 Å². The molecule has 26 heavy (non-hydrogen) atoms. The van der Waals surface area contributed by atoms with E-state index in [0.29, 0.717) is 17.9 Å². The summed E-state index contributed by atoms with van der Waals surface area (Å²) in [6, 6.07) is 7.49. The third kappa shape index (κ3) is 3.04. The third-order valence-electron chi connectivity index (χ3n) is 4.07. The molecule has 0 radical (unpaired) electrons. The van der Waals surface area contributed by atoms with Crippen LogP contribution in [-0.4, -0.2) is 35.3 Å². The van der Waals surface area contributed by atoms with E-state index in [-0.39, 0.29) is 5.91 Å². The second-order valence-electron chi connectivity index (χ2n) is 6.02. The summed E-state index contributed by atoms with van der Waals surface area (Å²) in [5.74, 6) is 0.222. The largest absolute Gasteiger partial charge is 0.305 e. The molecule has 0 aromatic carbocycles. The number of hydrogen-bond acceptors (Lipinski definition) is 5. The van der Waals surface area contributed by atoms with Crippen molar-refractivity contribution >= 4 is 17.4 Å². The van der Waals surface area contributed by atoms with E-state index < -0.39 is 0 Å². The molecular formula is C18H17N7O. The summed E-state index contributed by atoms with van der Waals surface area (Å²) in [4.78, 5) is 20.9. The standard InChI is InChI=1S/C18H17N7O/c1-12-9-17-20-10-15(13(2)25(17)22-12)18(26)21-16-5-8-24(23-16)11-14-3-6-19-7-4-14/h3-10H,11H2,1-2H3,(H,21,23,26). The first-order valence-electron chi connectivity index (χ1n) is 8.16. The lowest BCUT2D eigenvalue weighted by atomic mass is 10.2. The predicted octanol–water partition coefficient (Wildman–Crippen LogP) is 2.24. The van der Waals surface area contributed by atoms with Crippen LogP contribution in [-0.2, 0) is 6.54 Å². The Bertz CT molecular complexity index is 1080. The number of aromatic nitrogens is 6. The Kier molecular flexibility index (Phi) is 3.92. The minimum absolute atomic E-state index is 0.265. The highest BCUT2D eigenvalue weighted by atomic mass is 16.1. The summed E-state index contributed by atoms with van der Waals surface area (Å²) in [7, 11) is 0. The minimum Gasteiger partial charge on any atom is -0.305 e. The van der Waals surface area contributed by atoms with Gasteiger partial charge in [0.2, 0.25) is 0 Å². The molecule has 0 spiro atoms. The normalized spacial score (nSPS) is 11.0. The second kappa shape index (κ2) is 6.40. The highest BCUT2D eigenvalue weighted by molar-refractivity contribution is 6.04. The SMILES string of the molecule is Cc1cc2ncc(C(=O)Nc3ccn(Cc4ccncc4)n3)c(C)n2n1. The molecule has 0 aliphatic rings. The van der Waals surface area contributed by atoms with Crippen LogP contribution < -0.4 is 5.32 Å². The summed E-state index contributed by atoms with van der Waals surface area (Å²) in [5.41, 5.74) is 3.85. The van der Waals surface area contributed by atoms with Gasteiger partial charge < -0.3 is 5.32 Å². The average Bonchev–Trinajstić information content (AvgIpc) is 3.22. The van der Waals surface area contributed by atoms with Gasteiger partial charge in [-0.25, -0.2) is 9.50 Å². The van der Waals surface area contributed by atoms with Gasteiger partial charge in [0.1, 0.15) is 0 Å². The number of hydrogen-bond donors (Lipinski definition) is 1. The Morgan fingerprint density at radius 1 is 1.15 bits per heavy atom. The van der Waals surface area contributed by atoms with Gasteiger partial charge in [0.15, 0.2) is 11.5 Å². The van der Waals surface area contributed by atoms with Gasteiger partial charge in [0.05, 0.1) is 23.5 Å². The van der Waals surface area contributed by atoms with Crippen molar-refractivity contribution in [1.82, 2.24) is 29.4 Å². The Morgan fingerprint density at radius 2 is 1.96 bits per heavy atom. The van der Waals surface area contributed by atoms with Gasteiger partial charge in [-0.15, -0.1) is 0 Å². The van der Waals surface area contributed by atoms with Crippen LogP contribution in [0.1, 0.15) is 27.3 Å². The molecule has 0 fully saturated rings. The number of amides is 1. The van der Waals surface area contributed by atoms with Crippen LogP contribution in [0.4, 0.5) is 5.82 Å². The molecule has 0 aliphatic heterocycles. The number of nitrogens with zero attached hydrogens (tertiary/aromatic N) is 6. The molecule has 8 nitrogen and oxygen atoms in total. The van der Waals surface area contributed by atoms with Crippen molar-refractivity contribution < 1.29 is 4.79 Å². The van der Waals surface area contributed by atoms with Gasteiger partial charge in [-0.05, 0) is 31.5 Å². The molecule has 8 heteroatoms. The van der Waals surface area contributed by atoms with Crippen molar-refractivity contribution in [1.29, 1.82) is 0 Å². The summed E-state index contributed by atoms with van der Waals surface area (Å²) >= 11 is 0. The Labute approximate surface area is 149 Å². The van der Waals surface area contributed by atoms with E-state index in [1.54, 1.807) is 33.9 Å². The third-order valence-corrected chi connectivity index (χ3v) is 4.07. The lowest BCUT2D eigenvalue weighted by Crippen LogP contribution is -2.16. The van der Waals surface area contributed by atoms with E-state index in [1.165, 1.54) is 0 Å². The van der Waals surface area contributed by atoms with Crippen molar-refractivity contribution in [2.24, 2.45) is 0 Å². The number of aryl methyl sites for hydroxylation is 2. The van der Waals surface area contributed by atoms with Crippen molar-refractivity contribution in [3.05, 3.63) is 71.6 Å². The number of fused-ring (bicyclic) bond motifs is 1. The van der Waals surface area contributed by atoms with E-state index in [2.05, 4.69) is 25.5 Å². The van der Waals surface area contributed by atoms with Gasteiger partial charge in [-0.1, -0.05) is 0 Å². The number of carbonyl (C=O) groups excluding carboxylic acids is 1. The molecule has 1 amide bonds. The average molecular weight is 347 g/mol. The lowest BCUT2D eigenvalue weighted by Gasteiger charge is -2.07. The maximum Gasteiger partial charge on any atom is 0.260 e. The Hall–Kier alpha value is -3.55. The van der Waals surface area contributed by atoms with Gasteiger partial charge >= 0.3 is 0 Å². The molecule has 1 N–H and O–H groups in total. The quantitative estimate of drug-likeness (QED) is 0.611. The van der Waals surface area contributed by atoms with E-state index in [4.69, 9.17) is 0 Å². The van der Waals surface area contributed by atoms with Crippen molar-refractivity contribution in [2.75, 3.05) is 5.32 Å². The van der Waals surface area contributed by atoms with Gasteiger partial charge in [-0.3, -0.25) is 14.5 Å². The van der Waals surface area contributed by atoms with Crippen LogP contribution in [0.15, 0.2) is 49.1 Å². The summed E-state index contributed by atoms with van der Waals surface area (Å²) < 4.78 is 3.43. The molecule has 0 saturated heterocycles. The Morgan fingerprint density at radius 3 is 2.77 bits per heavy atom. The van der Waals surface area contributed by atoms with Gasteiger partial charge in [0.25, 0.3) is 5.91 Å². The molecular weight excluding hydrogens is 330 g/mol. The van der Waals surface area contributed by atoms with Crippen LogP contribution >= 0.6 is 0 Å².